The van der Waals surface area contributed by atoms with Crippen molar-refractivity contribution < 1.29 is 35.0 Å². The molecule has 5 N–H and O–H groups in total. The normalized spacial score (nSPS) is 15.7. The Balaban J connectivity index is 2.18. The predicted octanol–water partition coefficient (Wildman–Crippen LogP) is 2.06. The van der Waals surface area contributed by atoms with E-state index in [4.69, 9.17) is 27.8 Å². The molecule has 1 fully saturated rings. The lowest BCUT2D eigenvalue weighted by Crippen LogP contribution is -2.28. The van der Waals surface area contributed by atoms with Crippen molar-refractivity contribution >= 4 is 28.2 Å². The molecule has 0 saturated carbocycles. The fourth-order valence-electron chi connectivity index (χ4n) is 4.47. The van der Waals surface area contributed by atoms with Gasteiger partial charge < -0.3 is 30.8 Å². The summed E-state index contributed by atoms with van der Waals surface area (Å²) in [4.78, 5) is 27.8. The van der Waals surface area contributed by atoms with Crippen LogP contribution in [-0.4, -0.2) is 41.4 Å². The summed E-state index contributed by atoms with van der Waals surface area (Å²) >= 11 is 5.70. The van der Waals surface area contributed by atoms with Crippen molar-refractivity contribution in [2.45, 2.75) is 32.9 Å². The van der Waals surface area contributed by atoms with Crippen LogP contribution < -0.4 is 21.8 Å². The number of benzene rings is 2. The number of aliphatic hydroxyl groups is 1. The van der Waals surface area contributed by atoms with E-state index in [1.54, 1.807) is 11.8 Å². The van der Waals surface area contributed by atoms with Crippen LogP contribution in [0.3, 0.4) is 0 Å². The van der Waals surface area contributed by atoms with E-state index in [1.807, 2.05) is 0 Å². The number of ether oxygens (including phenoxy) is 1. The van der Waals surface area contributed by atoms with E-state index in [2.05, 4.69) is 0 Å². The van der Waals surface area contributed by atoms with Crippen LogP contribution in [0.15, 0.2) is 23.1 Å². The number of halogens is 3. The van der Waals surface area contributed by atoms with Crippen molar-refractivity contribution in [3.8, 4) is 5.69 Å². The van der Waals surface area contributed by atoms with Gasteiger partial charge in [-0.3, -0.25) is 4.79 Å². The zero-order chi connectivity index (χ0) is 25.6. The number of hydrogen-bond acceptors (Lipinski definition) is 7. The van der Waals surface area contributed by atoms with Gasteiger partial charge in [-0.1, -0.05) is 0 Å². The molecule has 1 aliphatic rings. The number of carbonyl (C=O) groups excluding carboxylic acids is 1. The Morgan fingerprint density at radius 1 is 1.34 bits per heavy atom. The summed E-state index contributed by atoms with van der Waals surface area (Å²) in [6.07, 6.45) is 1.85. The summed E-state index contributed by atoms with van der Waals surface area (Å²) in [7, 11) is 0. The van der Waals surface area contributed by atoms with Crippen LogP contribution in [0.25, 0.3) is 16.6 Å². The first kappa shape index (κ1) is 24.9. The summed E-state index contributed by atoms with van der Waals surface area (Å²) in [6.45, 7) is 3.30. The third-order valence-electron chi connectivity index (χ3n) is 6.21. The molecule has 2 heterocycles. The molecule has 0 spiro atoms. The largest absolute Gasteiger partial charge is 0.462 e. The Morgan fingerprint density at radius 3 is 2.66 bits per heavy atom. The highest BCUT2D eigenvalue weighted by Gasteiger charge is 2.34. The molecule has 1 aromatic heterocycles. The second-order valence-corrected chi connectivity index (χ2v) is 8.87. The van der Waals surface area contributed by atoms with Crippen LogP contribution in [0, 0.1) is 30.2 Å². The van der Waals surface area contributed by atoms with Crippen molar-refractivity contribution in [3.05, 3.63) is 61.9 Å². The SMILES string of the molecule is CCOC(=O)c1cn(-c2cc(N)c(F)cc2CO)c2c([ClH+])c(N3CCC(N)C3)c(F)c(C)c2c1=O. The van der Waals surface area contributed by atoms with Crippen LogP contribution in [0.1, 0.15) is 34.8 Å². The van der Waals surface area contributed by atoms with Crippen LogP contribution in [0.5, 0.6) is 0 Å². The van der Waals surface area contributed by atoms with E-state index in [-0.39, 0.29) is 62.3 Å². The van der Waals surface area contributed by atoms with Gasteiger partial charge in [0.15, 0.2) is 17.4 Å². The number of aromatic nitrogens is 1. The van der Waals surface area contributed by atoms with Gasteiger partial charge in [-0.05, 0) is 32.4 Å². The van der Waals surface area contributed by atoms with Crippen molar-refractivity contribution in [2.24, 2.45) is 5.73 Å². The molecule has 11 heteroatoms. The summed E-state index contributed by atoms with van der Waals surface area (Å²) in [6, 6.07) is 2.16. The average Bonchev–Trinajstić information content (AvgIpc) is 3.24. The average molecular weight is 508 g/mol. The molecule has 186 valence electrons. The Bertz CT molecular complexity index is 1410. The zero-order valence-electron chi connectivity index (χ0n) is 19.2. The number of rotatable bonds is 5. The summed E-state index contributed by atoms with van der Waals surface area (Å²) < 4.78 is 36.3. The minimum atomic E-state index is -0.908. The van der Waals surface area contributed by atoms with Crippen LogP contribution in [0.2, 0.25) is 5.02 Å². The smallest absolute Gasteiger partial charge is 0.343 e. The minimum Gasteiger partial charge on any atom is -0.462 e. The van der Waals surface area contributed by atoms with Crippen molar-refractivity contribution in [2.75, 3.05) is 30.3 Å². The molecule has 2 aromatic carbocycles. The van der Waals surface area contributed by atoms with Crippen molar-refractivity contribution in [1.82, 2.24) is 4.57 Å². The van der Waals surface area contributed by atoms with Gasteiger partial charge in [0.05, 0.1) is 30.0 Å². The topological polar surface area (TPSA) is 124 Å². The second kappa shape index (κ2) is 9.44. The number of nitrogen functional groups attached to an aromatic ring is 1. The number of fused-ring (bicyclic) bond motifs is 1. The number of carbonyl (C=O) groups is 1. The Labute approximate surface area is 204 Å². The summed E-state index contributed by atoms with van der Waals surface area (Å²) in [5.41, 5.74) is 11.1. The number of aryl methyl sites for hydroxylation is 1. The van der Waals surface area contributed by atoms with Gasteiger partial charge in [0.2, 0.25) is 5.43 Å². The molecular formula is C24H26ClF2N4O4+. The third-order valence-corrected chi connectivity index (χ3v) is 6.60. The number of pyridine rings is 1. The van der Waals surface area contributed by atoms with Crippen LogP contribution in [-0.2, 0) is 11.3 Å². The van der Waals surface area contributed by atoms with E-state index in [9.17, 15) is 19.1 Å². The molecule has 1 unspecified atom stereocenters. The first-order chi connectivity index (χ1) is 16.6. The molecule has 1 aliphatic heterocycles. The molecule has 1 saturated heterocycles. The molecule has 8 nitrogen and oxygen atoms in total. The Kier molecular flexibility index (Phi) is 6.72. The number of esters is 1. The molecular weight excluding hydrogens is 482 g/mol. The van der Waals surface area contributed by atoms with Gasteiger partial charge in [0, 0.05) is 36.5 Å². The highest BCUT2D eigenvalue weighted by Crippen LogP contribution is 2.38. The maximum Gasteiger partial charge on any atom is 0.343 e. The summed E-state index contributed by atoms with van der Waals surface area (Å²) in [5, 5.41) is 9.84. The van der Waals surface area contributed by atoms with E-state index >= 15 is 4.39 Å². The first-order valence-corrected chi connectivity index (χ1v) is 11.5. The zero-order valence-corrected chi connectivity index (χ0v) is 20.0. The van der Waals surface area contributed by atoms with Gasteiger partial charge in [-0.2, -0.15) is 0 Å². The van der Waals surface area contributed by atoms with Crippen LogP contribution >= 0.6 is 0 Å². The maximum atomic E-state index is 15.7. The van der Waals surface area contributed by atoms with E-state index < -0.39 is 29.6 Å². The number of aliphatic hydroxyl groups excluding tert-OH is 1. The van der Waals surface area contributed by atoms with Gasteiger partial charge in [-0.15, -0.1) is 0 Å². The van der Waals surface area contributed by atoms with Crippen LogP contribution in [0.4, 0.5) is 20.2 Å². The van der Waals surface area contributed by atoms with Gasteiger partial charge in [-0.25, -0.2) is 13.6 Å². The molecule has 0 aliphatic carbocycles. The molecule has 0 radical (unpaired) electrons. The lowest BCUT2D eigenvalue weighted by molar-refractivity contribution is -0.285. The Morgan fingerprint density at radius 2 is 2.06 bits per heavy atom. The fourth-order valence-corrected chi connectivity index (χ4v) is 4.89. The highest BCUT2D eigenvalue weighted by molar-refractivity contribution is 5.98. The molecule has 3 aromatic rings. The fraction of sp³-hybridized carbons (Fsp3) is 0.333. The molecule has 0 amide bonds. The van der Waals surface area contributed by atoms with E-state index in [0.29, 0.717) is 19.5 Å². The number of anilines is 2. The number of nitrogens with two attached hydrogens (primary N) is 2. The molecule has 4 rings (SSSR count). The lowest BCUT2D eigenvalue weighted by Gasteiger charge is -2.22. The Hall–Kier alpha value is -3.21. The predicted molar refractivity (Wildman–Crippen MR) is 126 cm³/mol. The van der Waals surface area contributed by atoms with E-state index in [0.717, 1.165) is 6.07 Å². The second-order valence-electron chi connectivity index (χ2n) is 8.46. The molecule has 35 heavy (non-hydrogen) atoms. The minimum absolute atomic E-state index is 0.00500. The number of hydrogen-bond donors (Lipinski definition) is 3. The van der Waals surface area contributed by atoms with Gasteiger partial charge in [0.25, 0.3) is 5.02 Å². The molecule has 0 bridgehead atoms. The monoisotopic (exact) mass is 507 g/mol. The van der Waals surface area contributed by atoms with E-state index in [1.165, 1.54) is 23.8 Å². The van der Waals surface area contributed by atoms with Gasteiger partial charge in [0.1, 0.15) is 22.6 Å². The standard InChI is InChI=1S/C24H26ClF2N4O4/c1-3-35-24(34)14-9-31(17-7-16(29)15(26)6-12(17)10-32)21-18(23(14)33)11(2)20(27)22(19(21)25)30-5-4-13(28)8-30/h6-7,9,13,25,32H,3-5,8,10,28-29H2,1-2H3/q+1. The third kappa shape index (κ3) is 4.11. The van der Waals surface area contributed by atoms with Gasteiger partial charge >= 0.3 is 5.97 Å². The first-order valence-electron chi connectivity index (χ1n) is 11.1. The van der Waals surface area contributed by atoms with Crippen molar-refractivity contribution in [1.29, 1.82) is 0 Å². The number of nitrogens with zero attached hydrogens (tertiary/aromatic N) is 2. The van der Waals surface area contributed by atoms with Crippen molar-refractivity contribution in [3.63, 3.8) is 0 Å². The lowest BCUT2D eigenvalue weighted by atomic mass is 10.0. The quantitative estimate of drug-likeness (QED) is 0.357. The summed E-state index contributed by atoms with van der Waals surface area (Å²) in [5.74, 6) is -2.34. The molecule has 1 atom stereocenters. The highest BCUT2D eigenvalue weighted by atomic mass is 35.5. The maximum absolute atomic E-state index is 15.7.